The molecule has 1 aromatic carbocycles. The van der Waals surface area contributed by atoms with Gasteiger partial charge in [-0.1, -0.05) is 37.9 Å². The van der Waals surface area contributed by atoms with Crippen LogP contribution in [0.25, 0.3) is 10.2 Å². The third-order valence-electron chi connectivity index (χ3n) is 1.64. The van der Waals surface area contributed by atoms with Gasteiger partial charge in [0.25, 0.3) is 0 Å². The van der Waals surface area contributed by atoms with Crippen LogP contribution in [-0.4, -0.2) is 4.98 Å². The summed E-state index contributed by atoms with van der Waals surface area (Å²) < 4.78 is 2.35. The molecule has 5 heteroatoms. The molecule has 0 spiro atoms. The van der Waals surface area contributed by atoms with E-state index in [9.17, 15) is 0 Å². The Balaban J connectivity index is 2.61. The highest BCUT2D eigenvalue weighted by atomic mass is 79.9. The quantitative estimate of drug-likeness (QED) is 0.639. The highest BCUT2D eigenvalue weighted by molar-refractivity contribution is 9.24. The minimum absolute atomic E-state index is 0.213. The van der Waals surface area contributed by atoms with Gasteiger partial charge in [-0.25, -0.2) is 4.98 Å². The van der Waals surface area contributed by atoms with E-state index in [2.05, 4.69) is 64.9 Å². The fraction of sp³-hybridized carbons (Fsp3) is 0.125. The molecular weight excluding hydrogens is 382 g/mol. The molecule has 2 rings (SSSR count). The molecule has 0 amide bonds. The first kappa shape index (κ1) is 10.1. The van der Waals surface area contributed by atoms with Crippen molar-refractivity contribution in [3.05, 3.63) is 27.7 Å². The molecule has 0 saturated heterocycles. The molecule has 0 aliphatic rings. The SMILES string of the molecule is Brc1nc2ccc(C(Br)Br)cc2s1. The van der Waals surface area contributed by atoms with E-state index in [1.165, 1.54) is 10.3 Å². The van der Waals surface area contributed by atoms with E-state index < -0.39 is 0 Å². The maximum atomic E-state index is 4.32. The summed E-state index contributed by atoms with van der Waals surface area (Å²) in [5.41, 5.74) is 2.25. The Kier molecular flexibility index (Phi) is 3.07. The van der Waals surface area contributed by atoms with Crippen molar-refractivity contribution in [3.63, 3.8) is 0 Å². The summed E-state index contributed by atoms with van der Waals surface area (Å²) in [7, 11) is 0. The number of halogens is 3. The van der Waals surface area contributed by atoms with Gasteiger partial charge in [-0.05, 0) is 33.6 Å². The van der Waals surface area contributed by atoms with Crippen molar-refractivity contribution < 1.29 is 0 Å². The summed E-state index contributed by atoms with van der Waals surface area (Å²) in [6, 6.07) is 6.22. The Morgan fingerprint density at radius 1 is 1.31 bits per heavy atom. The summed E-state index contributed by atoms with van der Waals surface area (Å²) in [4.78, 5) is 4.32. The molecule has 0 aliphatic carbocycles. The number of aromatic nitrogens is 1. The molecule has 0 N–H and O–H groups in total. The normalized spacial score (nSPS) is 11.4. The van der Waals surface area contributed by atoms with Crippen LogP contribution in [0.1, 0.15) is 9.30 Å². The highest BCUT2D eigenvalue weighted by Crippen LogP contribution is 2.33. The summed E-state index contributed by atoms with van der Waals surface area (Å²) in [6.45, 7) is 0. The van der Waals surface area contributed by atoms with Crippen molar-refractivity contribution in [3.8, 4) is 0 Å². The van der Waals surface area contributed by atoms with Crippen LogP contribution in [0, 0.1) is 0 Å². The number of hydrogen-bond donors (Lipinski definition) is 0. The van der Waals surface area contributed by atoms with E-state index in [1.54, 1.807) is 11.3 Å². The fourth-order valence-electron chi connectivity index (χ4n) is 1.05. The lowest BCUT2D eigenvalue weighted by Crippen LogP contribution is -1.78. The van der Waals surface area contributed by atoms with Crippen LogP contribution < -0.4 is 0 Å². The Labute approximate surface area is 105 Å². The number of alkyl halides is 2. The zero-order valence-electron chi connectivity index (χ0n) is 6.30. The minimum Gasteiger partial charge on any atom is -0.229 e. The molecule has 13 heavy (non-hydrogen) atoms. The molecule has 0 radical (unpaired) electrons. The second-order valence-corrected chi connectivity index (χ2v) is 7.86. The summed E-state index contributed by atoms with van der Waals surface area (Å²) >= 11 is 11.9. The summed E-state index contributed by atoms with van der Waals surface area (Å²) in [5, 5.41) is 0. The van der Waals surface area contributed by atoms with Gasteiger partial charge in [0.2, 0.25) is 0 Å². The van der Waals surface area contributed by atoms with Gasteiger partial charge in [0.05, 0.1) is 14.0 Å². The molecule has 0 atom stereocenters. The summed E-state index contributed by atoms with van der Waals surface area (Å²) in [5.74, 6) is 0. The van der Waals surface area contributed by atoms with Gasteiger partial charge in [0.1, 0.15) is 0 Å². The third-order valence-corrected chi connectivity index (χ3v) is 4.17. The van der Waals surface area contributed by atoms with Crippen molar-refractivity contribution in [2.45, 2.75) is 3.74 Å². The van der Waals surface area contributed by atoms with E-state index in [0.717, 1.165) is 9.43 Å². The number of nitrogens with zero attached hydrogens (tertiary/aromatic N) is 1. The van der Waals surface area contributed by atoms with Gasteiger partial charge in [0, 0.05) is 0 Å². The second kappa shape index (κ2) is 3.96. The fourth-order valence-corrected chi connectivity index (χ4v) is 3.07. The van der Waals surface area contributed by atoms with Crippen LogP contribution in [0.5, 0.6) is 0 Å². The molecule has 0 aliphatic heterocycles. The molecule has 2 aromatic rings. The van der Waals surface area contributed by atoms with E-state index in [-0.39, 0.29) is 3.74 Å². The van der Waals surface area contributed by atoms with Gasteiger partial charge < -0.3 is 0 Å². The number of thiazole rings is 1. The number of fused-ring (bicyclic) bond motifs is 1. The van der Waals surface area contributed by atoms with Crippen LogP contribution in [0.4, 0.5) is 0 Å². The van der Waals surface area contributed by atoms with Crippen molar-refractivity contribution in [2.75, 3.05) is 0 Å². The topological polar surface area (TPSA) is 12.9 Å². The zero-order valence-corrected chi connectivity index (χ0v) is 11.9. The van der Waals surface area contributed by atoms with Crippen molar-refractivity contribution in [2.24, 2.45) is 0 Å². The zero-order chi connectivity index (χ0) is 9.42. The van der Waals surface area contributed by atoms with Gasteiger partial charge in [-0.2, -0.15) is 0 Å². The molecule has 0 unspecified atom stereocenters. The predicted molar refractivity (Wildman–Crippen MR) is 67.9 cm³/mol. The molecule has 0 saturated carbocycles. The van der Waals surface area contributed by atoms with Crippen LogP contribution in [0.15, 0.2) is 22.1 Å². The number of rotatable bonds is 1. The van der Waals surface area contributed by atoms with Gasteiger partial charge in [-0.15, -0.1) is 11.3 Å². The van der Waals surface area contributed by atoms with E-state index in [0.29, 0.717) is 0 Å². The summed E-state index contributed by atoms with van der Waals surface area (Å²) in [6.07, 6.45) is 0. The molecule has 1 aromatic heterocycles. The van der Waals surface area contributed by atoms with Gasteiger partial charge in [0.15, 0.2) is 3.92 Å². The average molecular weight is 386 g/mol. The number of hydrogen-bond acceptors (Lipinski definition) is 2. The predicted octanol–water partition coefficient (Wildman–Crippen LogP) is 4.85. The Morgan fingerprint density at radius 2 is 2.08 bits per heavy atom. The van der Waals surface area contributed by atoms with Crippen LogP contribution in [-0.2, 0) is 0 Å². The average Bonchev–Trinajstić information content (AvgIpc) is 2.42. The second-order valence-electron chi connectivity index (χ2n) is 2.49. The lowest BCUT2D eigenvalue weighted by Gasteiger charge is -1.99. The first-order chi connectivity index (χ1) is 6.16. The molecule has 0 bridgehead atoms. The maximum absolute atomic E-state index is 4.32. The first-order valence-corrected chi connectivity index (χ1v) is 6.95. The van der Waals surface area contributed by atoms with Crippen LogP contribution in [0.3, 0.4) is 0 Å². The number of benzene rings is 1. The van der Waals surface area contributed by atoms with Crippen molar-refractivity contribution in [1.29, 1.82) is 0 Å². The van der Waals surface area contributed by atoms with Crippen LogP contribution in [0.2, 0.25) is 0 Å². The Bertz CT molecular complexity index is 438. The minimum atomic E-state index is 0.213. The first-order valence-electron chi connectivity index (χ1n) is 3.51. The molecule has 68 valence electrons. The molecular formula is C8H4Br3NS. The molecule has 1 nitrogen and oxygen atoms in total. The van der Waals surface area contributed by atoms with Crippen molar-refractivity contribution >= 4 is 69.3 Å². The van der Waals surface area contributed by atoms with Crippen molar-refractivity contribution in [1.82, 2.24) is 4.98 Å². The van der Waals surface area contributed by atoms with Crippen LogP contribution >= 0.6 is 59.1 Å². The van der Waals surface area contributed by atoms with E-state index in [4.69, 9.17) is 0 Å². The molecule has 0 fully saturated rings. The van der Waals surface area contributed by atoms with E-state index in [1.807, 2.05) is 6.07 Å². The maximum Gasteiger partial charge on any atom is 0.160 e. The monoisotopic (exact) mass is 383 g/mol. The lowest BCUT2D eigenvalue weighted by atomic mass is 10.2. The lowest BCUT2D eigenvalue weighted by molar-refractivity contribution is 1.41. The molecule has 1 heterocycles. The largest absolute Gasteiger partial charge is 0.229 e. The highest BCUT2D eigenvalue weighted by Gasteiger charge is 2.06. The Hall–Kier alpha value is 0.550. The smallest absolute Gasteiger partial charge is 0.160 e. The third kappa shape index (κ3) is 2.14. The standard InChI is InChI=1S/C8H4Br3NS/c9-7(10)4-1-2-5-6(3-4)13-8(11)12-5/h1-3,7H. The Morgan fingerprint density at radius 3 is 2.77 bits per heavy atom. The van der Waals surface area contributed by atoms with E-state index >= 15 is 0 Å². The van der Waals surface area contributed by atoms with Gasteiger partial charge in [-0.3, -0.25) is 0 Å². The van der Waals surface area contributed by atoms with Gasteiger partial charge >= 0.3 is 0 Å².